The Bertz CT molecular complexity index is 200. The summed E-state index contributed by atoms with van der Waals surface area (Å²) >= 11 is 0. The van der Waals surface area contributed by atoms with Gasteiger partial charge in [-0.3, -0.25) is 0 Å². The molecule has 0 saturated heterocycles. The highest BCUT2D eigenvalue weighted by Crippen LogP contribution is 2.32. The lowest BCUT2D eigenvalue weighted by atomic mass is 9.79. The van der Waals surface area contributed by atoms with Crippen LogP contribution in [0.4, 0.5) is 0 Å². The van der Waals surface area contributed by atoms with Gasteiger partial charge in [-0.25, -0.2) is 0 Å². The van der Waals surface area contributed by atoms with Crippen molar-refractivity contribution in [3.05, 3.63) is 23.3 Å². The molecule has 0 bridgehead atoms. The van der Waals surface area contributed by atoms with Crippen LogP contribution in [0.1, 0.15) is 48.0 Å². The molecule has 0 radical (unpaired) electrons. The Labute approximate surface area is 77.4 Å². The largest absolute Gasteiger partial charge is 0.0996 e. The van der Waals surface area contributed by atoms with Gasteiger partial charge in [0.15, 0.2) is 0 Å². The minimum Gasteiger partial charge on any atom is -0.0996 e. The zero-order chi connectivity index (χ0) is 9.94. The molecule has 0 spiro atoms. The maximum atomic E-state index is 4.02. The van der Waals surface area contributed by atoms with Crippen molar-refractivity contribution in [2.24, 2.45) is 5.41 Å². The van der Waals surface area contributed by atoms with E-state index in [1.165, 1.54) is 16.7 Å². The summed E-state index contributed by atoms with van der Waals surface area (Å²) in [5.74, 6) is 0. The second kappa shape index (κ2) is 3.93. The maximum Gasteiger partial charge on any atom is -0.0113 e. The Morgan fingerprint density at radius 1 is 1.08 bits per heavy atom. The normalized spacial score (nSPS) is 11.2. The quantitative estimate of drug-likeness (QED) is 0.547. The molecule has 0 aliphatic carbocycles. The van der Waals surface area contributed by atoms with Gasteiger partial charge in [-0.1, -0.05) is 37.1 Å². The molecule has 0 unspecified atom stereocenters. The monoisotopic (exact) mass is 166 g/mol. The van der Waals surface area contributed by atoms with Crippen LogP contribution in [0.5, 0.6) is 0 Å². The van der Waals surface area contributed by atoms with E-state index in [4.69, 9.17) is 0 Å². The lowest BCUT2D eigenvalue weighted by Gasteiger charge is -2.26. The van der Waals surface area contributed by atoms with Gasteiger partial charge in [-0.05, 0) is 39.5 Å². The van der Waals surface area contributed by atoms with Crippen LogP contribution in [-0.4, -0.2) is 0 Å². The predicted molar refractivity (Wildman–Crippen MR) is 57.3 cm³/mol. The molecule has 0 saturated carbocycles. The van der Waals surface area contributed by atoms with Crippen molar-refractivity contribution in [3.63, 3.8) is 0 Å². The molecule has 0 N–H and O–H groups in total. The molecule has 0 aliphatic rings. The molecule has 0 fully saturated rings. The summed E-state index contributed by atoms with van der Waals surface area (Å²) in [6.07, 6.45) is 1.13. The molecule has 0 aromatic heterocycles. The molecule has 0 aromatic carbocycles. The van der Waals surface area contributed by atoms with Crippen molar-refractivity contribution in [1.82, 2.24) is 0 Å². The summed E-state index contributed by atoms with van der Waals surface area (Å²) in [6, 6.07) is 0. The first-order chi connectivity index (χ1) is 5.27. The van der Waals surface area contributed by atoms with Gasteiger partial charge in [0.05, 0.1) is 0 Å². The molecular formula is C12H22. The van der Waals surface area contributed by atoms with Crippen LogP contribution < -0.4 is 0 Å². The van der Waals surface area contributed by atoms with Crippen molar-refractivity contribution in [1.29, 1.82) is 0 Å². The van der Waals surface area contributed by atoms with E-state index in [2.05, 4.69) is 48.1 Å². The van der Waals surface area contributed by atoms with Crippen LogP contribution in [0.2, 0.25) is 0 Å². The third kappa shape index (κ3) is 3.25. The summed E-state index contributed by atoms with van der Waals surface area (Å²) in [4.78, 5) is 0. The van der Waals surface area contributed by atoms with Gasteiger partial charge in [0.2, 0.25) is 0 Å². The topological polar surface area (TPSA) is 0 Å². The molecular weight excluding hydrogens is 144 g/mol. The number of allylic oxidation sites excluding steroid dienone is 3. The first-order valence-corrected chi connectivity index (χ1v) is 4.56. The predicted octanol–water partition coefficient (Wildman–Crippen LogP) is 4.34. The van der Waals surface area contributed by atoms with Gasteiger partial charge in [0.1, 0.15) is 0 Å². The minimum absolute atomic E-state index is 0.251. The third-order valence-corrected chi connectivity index (χ3v) is 2.72. The molecule has 0 amide bonds. The molecule has 12 heavy (non-hydrogen) atoms. The number of rotatable bonds is 3. The fourth-order valence-electron chi connectivity index (χ4n) is 0.991. The van der Waals surface area contributed by atoms with E-state index in [-0.39, 0.29) is 5.41 Å². The zero-order valence-corrected chi connectivity index (χ0v) is 9.41. The Kier molecular flexibility index (Phi) is 3.76. The second-order valence-electron chi connectivity index (χ2n) is 4.62. The van der Waals surface area contributed by atoms with E-state index in [1.807, 2.05) is 0 Å². The van der Waals surface area contributed by atoms with E-state index in [0.29, 0.717) is 0 Å². The van der Waals surface area contributed by atoms with Gasteiger partial charge in [0.25, 0.3) is 0 Å². The molecule has 0 aromatic rings. The van der Waals surface area contributed by atoms with Crippen LogP contribution in [0.15, 0.2) is 23.3 Å². The van der Waals surface area contributed by atoms with E-state index in [1.54, 1.807) is 0 Å². The van der Waals surface area contributed by atoms with Crippen molar-refractivity contribution in [2.75, 3.05) is 0 Å². The average molecular weight is 166 g/mol. The molecule has 0 rings (SSSR count). The van der Waals surface area contributed by atoms with Gasteiger partial charge in [-0.15, -0.1) is 0 Å². The van der Waals surface area contributed by atoms with E-state index in [9.17, 15) is 0 Å². The fraction of sp³-hybridized carbons (Fsp3) is 0.667. The lowest BCUT2D eigenvalue weighted by Crippen LogP contribution is -2.12. The molecule has 0 heterocycles. The lowest BCUT2D eigenvalue weighted by molar-refractivity contribution is 0.442. The Morgan fingerprint density at radius 2 is 1.50 bits per heavy atom. The number of hydrogen-bond acceptors (Lipinski definition) is 0. The highest BCUT2D eigenvalue weighted by atomic mass is 14.2. The average Bonchev–Trinajstić information content (AvgIpc) is 1.85. The molecule has 70 valence electrons. The van der Waals surface area contributed by atoms with Gasteiger partial charge in [0, 0.05) is 0 Å². The SMILES string of the molecule is C=C(C)C(C)(C)CC(C)=C(C)C. The summed E-state index contributed by atoms with van der Waals surface area (Å²) in [5, 5.41) is 0. The summed E-state index contributed by atoms with van der Waals surface area (Å²) < 4.78 is 0. The molecule has 0 nitrogen and oxygen atoms in total. The van der Waals surface area contributed by atoms with Crippen LogP contribution in [0, 0.1) is 5.41 Å². The smallest absolute Gasteiger partial charge is 0.0113 e. The van der Waals surface area contributed by atoms with Crippen molar-refractivity contribution in [2.45, 2.75) is 48.0 Å². The summed E-state index contributed by atoms with van der Waals surface area (Å²) in [5.41, 5.74) is 4.44. The van der Waals surface area contributed by atoms with Crippen LogP contribution >= 0.6 is 0 Å². The summed E-state index contributed by atoms with van der Waals surface area (Å²) in [6.45, 7) is 17.2. The van der Waals surface area contributed by atoms with Crippen molar-refractivity contribution in [3.8, 4) is 0 Å². The Morgan fingerprint density at radius 3 is 1.75 bits per heavy atom. The Hall–Kier alpha value is -0.520. The highest BCUT2D eigenvalue weighted by Gasteiger charge is 2.18. The first-order valence-electron chi connectivity index (χ1n) is 4.56. The van der Waals surface area contributed by atoms with Crippen molar-refractivity contribution < 1.29 is 0 Å². The van der Waals surface area contributed by atoms with Gasteiger partial charge >= 0.3 is 0 Å². The highest BCUT2D eigenvalue weighted by molar-refractivity contribution is 5.14. The molecule has 0 atom stereocenters. The van der Waals surface area contributed by atoms with E-state index in [0.717, 1.165) is 6.42 Å². The standard InChI is InChI=1S/C12H22/c1-9(2)11(5)8-12(6,7)10(3)4/h3,8H2,1-2,4-7H3. The van der Waals surface area contributed by atoms with E-state index >= 15 is 0 Å². The fourth-order valence-corrected chi connectivity index (χ4v) is 0.991. The van der Waals surface area contributed by atoms with Crippen molar-refractivity contribution >= 4 is 0 Å². The van der Waals surface area contributed by atoms with Crippen LogP contribution in [0.3, 0.4) is 0 Å². The maximum absolute atomic E-state index is 4.02. The van der Waals surface area contributed by atoms with Gasteiger partial charge in [-0.2, -0.15) is 0 Å². The van der Waals surface area contributed by atoms with Crippen LogP contribution in [-0.2, 0) is 0 Å². The Balaban J connectivity index is 4.46. The third-order valence-electron chi connectivity index (χ3n) is 2.72. The van der Waals surface area contributed by atoms with E-state index < -0.39 is 0 Å². The summed E-state index contributed by atoms with van der Waals surface area (Å²) in [7, 11) is 0. The van der Waals surface area contributed by atoms with Gasteiger partial charge < -0.3 is 0 Å². The molecule has 0 aliphatic heterocycles. The first kappa shape index (κ1) is 11.5. The zero-order valence-electron chi connectivity index (χ0n) is 9.41. The molecule has 0 heteroatoms. The minimum atomic E-state index is 0.251. The number of hydrogen-bond donors (Lipinski definition) is 0. The van der Waals surface area contributed by atoms with Crippen LogP contribution in [0.25, 0.3) is 0 Å². The second-order valence-corrected chi connectivity index (χ2v) is 4.62.